The standard InChI is InChI=1S/C17H28NO/c1-3-18(4-2)15-11-6-5-10-14-17(19)16-12-8-7-9-13-16/h7-9,12,15-16H,3-6,10-11,13-14H2,1-2H3. The summed E-state index contributed by atoms with van der Waals surface area (Å²) in [5, 5.41) is 0. The van der Waals surface area contributed by atoms with Gasteiger partial charge < -0.3 is 0 Å². The Morgan fingerprint density at radius 2 is 2.00 bits per heavy atom. The van der Waals surface area contributed by atoms with E-state index in [1.165, 1.54) is 6.42 Å². The molecule has 0 heterocycles. The minimum Gasteiger partial charge on any atom is -0.299 e. The third-order valence-electron chi connectivity index (χ3n) is 3.72. The number of hydrogen-bond acceptors (Lipinski definition) is 2. The highest BCUT2D eigenvalue weighted by Gasteiger charge is 2.14. The molecule has 0 N–H and O–H groups in total. The lowest BCUT2D eigenvalue weighted by Crippen LogP contribution is -2.19. The fraction of sp³-hybridized carbons (Fsp3) is 0.647. The normalized spacial score (nSPS) is 18.2. The second-order valence-electron chi connectivity index (χ2n) is 5.12. The molecule has 1 unspecified atom stereocenters. The van der Waals surface area contributed by atoms with Gasteiger partial charge in [-0.15, -0.1) is 0 Å². The number of rotatable bonds is 10. The summed E-state index contributed by atoms with van der Waals surface area (Å²) in [5.74, 6) is 0.556. The summed E-state index contributed by atoms with van der Waals surface area (Å²) in [6.07, 6.45) is 14.3. The Morgan fingerprint density at radius 3 is 2.63 bits per heavy atom. The van der Waals surface area contributed by atoms with Crippen molar-refractivity contribution >= 4 is 5.78 Å². The fourth-order valence-electron chi connectivity index (χ4n) is 2.38. The Kier molecular flexibility index (Phi) is 8.48. The number of hydrogen-bond donors (Lipinski definition) is 0. The maximum Gasteiger partial charge on any atom is 0.140 e. The van der Waals surface area contributed by atoms with Gasteiger partial charge in [-0.2, -0.15) is 0 Å². The highest BCUT2D eigenvalue weighted by atomic mass is 16.1. The minimum atomic E-state index is 0.146. The maximum absolute atomic E-state index is 11.9. The van der Waals surface area contributed by atoms with E-state index in [1.807, 2.05) is 18.2 Å². The van der Waals surface area contributed by atoms with Crippen molar-refractivity contribution in [3.63, 3.8) is 0 Å². The molecular weight excluding hydrogens is 234 g/mol. The molecule has 0 aromatic rings. The average Bonchev–Trinajstić information content (AvgIpc) is 2.47. The number of carbonyl (C=O) groups excluding carboxylic acids is 1. The van der Waals surface area contributed by atoms with Crippen LogP contribution in [0.1, 0.15) is 52.4 Å². The first-order chi connectivity index (χ1) is 9.27. The Bertz CT molecular complexity index is 302. The molecular formula is C17H28NO. The summed E-state index contributed by atoms with van der Waals surface area (Å²) in [6, 6.07) is 0. The Labute approximate surface area is 118 Å². The highest BCUT2D eigenvalue weighted by molar-refractivity contribution is 5.83. The van der Waals surface area contributed by atoms with Gasteiger partial charge in [-0.25, -0.2) is 0 Å². The Balaban J connectivity index is 2.00. The number of unbranched alkanes of at least 4 members (excludes halogenated alkanes) is 3. The second-order valence-corrected chi connectivity index (χ2v) is 5.12. The van der Waals surface area contributed by atoms with Crippen LogP contribution >= 0.6 is 0 Å². The Morgan fingerprint density at radius 1 is 1.21 bits per heavy atom. The summed E-state index contributed by atoms with van der Waals surface area (Å²) in [4.78, 5) is 14.3. The molecule has 2 heteroatoms. The van der Waals surface area contributed by atoms with E-state index >= 15 is 0 Å². The third-order valence-corrected chi connectivity index (χ3v) is 3.72. The number of carbonyl (C=O) groups is 1. The van der Waals surface area contributed by atoms with Gasteiger partial charge in [-0.05, 0) is 32.4 Å². The first-order valence-corrected chi connectivity index (χ1v) is 7.71. The zero-order valence-electron chi connectivity index (χ0n) is 12.5. The van der Waals surface area contributed by atoms with Crippen molar-refractivity contribution in [2.45, 2.75) is 52.4 Å². The fourth-order valence-corrected chi connectivity index (χ4v) is 2.38. The van der Waals surface area contributed by atoms with Crippen molar-refractivity contribution < 1.29 is 4.79 Å². The molecule has 2 nitrogen and oxygen atoms in total. The van der Waals surface area contributed by atoms with Crippen LogP contribution in [0.25, 0.3) is 0 Å². The van der Waals surface area contributed by atoms with Gasteiger partial charge in [0, 0.05) is 18.9 Å². The molecule has 1 aliphatic rings. The molecule has 0 saturated carbocycles. The van der Waals surface area contributed by atoms with Crippen molar-refractivity contribution in [2.75, 3.05) is 13.1 Å². The zero-order chi connectivity index (χ0) is 13.9. The number of nitrogens with zero attached hydrogens (tertiary/aromatic N) is 1. The molecule has 1 atom stereocenters. The molecule has 1 aliphatic carbocycles. The van der Waals surface area contributed by atoms with E-state index in [-0.39, 0.29) is 5.92 Å². The van der Waals surface area contributed by atoms with E-state index in [0.29, 0.717) is 5.78 Å². The van der Waals surface area contributed by atoms with Gasteiger partial charge in [-0.3, -0.25) is 9.69 Å². The van der Waals surface area contributed by atoms with Crippen LogP contribution in [0.5, 0.6) is 0 Å². The van der Waals surface area contributed by atoms with Crippen LogP contribution in [0.3, 0.4) is 0 Å². The predicted octanol–water partition coefficient (Wildman–Crippen LogP) is 4.14. The third kappa shape index (κ3) is 6.72. The maximum atomic E-state index is 11.9. The largest absolute Gasteiger partial charge is 0.299 e. The van der Waals surface area contributed by atoms with Crippen molar-refractivity contribution in [1.29, 1.82) is 0 Å². The summed E-state index contributed by atoms with van der Waals surface area (Å²) < 4.78 is 0. The van der Waals surface area contributed by atoms with Gasteiger partial charge in [0.25, 0.3) is 0 Å². The molecule has 0 aliphatic heterocycles. The van der Waals surface area contributed by atoms with Crippen molar-refractivity contribution in [1.82, 2.24) is 4.90 Å². The zero-order valence-corrected chi connectivity index (χ0v) is 12.5. The van der Waals surface area contributed by atoms with Crippen LogP contribution in [0.15, 0.2) is 24.3 Å². The summed E-state index contributed by atoms with van der Waals surface area (Å²) >= 11 is 0. The molecule has 0 amide bonds. The molecule has 1 radical (unpaired) electrons. The lowest BCUT2D eigenvalue weighted by molar-refractivity contribution is -0.121. The topological polar surface area (TPSA) is 20.3 Å². The van der Waals surface area contributed by atoms with E-state index in [1.54, 1.807) is 0 Å². The monoisotopic (exact) mass is 262 g/mol. The quantitative estimate of drug-likeness (QED) is 0.551. The Hall–Kier alpha value is -0.890. The number of Topliss-reactive ketones (excluding diaryl/α,β-unsaturated/α-hetero) is 1. The molecule has 19 heavy (non-hydrogen) atoms. The lowest BCUT2D eigenvalue weighted by Gasteiger charge is -2.16. The predicted molar refractivity (Wildman–Crippen MR) is 81.7 cm³/mol. The first-order valence-electron chi connectivity index (χ1n) is 7.71. The van der Waals surface area contributed by atoms with Crippen LogP contribution in [0.4, 0.5) is 0 Å². The molecule has 0 bridgehead atoms. The van der Waals surface area contributed by atoms with E-state index in [4.69, 9.17) is 0 Å². The van der Waals surface area contributed by atoms with Crippen molar-refractivity contribution in [2.24, 2.45) is 5.92 Å². The first kappa shape index (κ1) is 16.2. The smallest absolute Gasteiger partial charge is 0.140 e. The van der Waals surface area contributed by atoms with Gasteiger partial charge in [0.15, 0.2) is 0 Å². The molecule has 0 aromatic carbocycles. The van der Waals surface area contributed by atoms with Crippen LogP contribution in [-0.4, -0.2) is 23.8 Å². The molecule has 0 aromatic heterocycles. The van der Waals surface area contributed by atoms with Crippen LogP contribution in [-0.2, 0) is 4.79 Å². The second kappa shape index (κ2) is 9.96. The molecule has 107 valence electrons. The van der Waals surface area contributed by atoms with Gasteiger partial charge in [0.1, 0.15) is 5.78 Å². The van der Waals surface area contributed by atoms with Crippen molar-refractivity contribution in [3.8, 4) is 0 Å². The lowest BCUT2D eigenvalue weighted by atomic mass is 9.93. The van der Waals surface area contributed by atoms with Crippen LogP contribution < -0.4 is 0 Å². The molecule has 0 spiro atoms. The summed E-state index contributed by atoms with van der Waals surface area (Å²) in [7, 11) is 0. The van der Waals surface area contributed by atoms with Crippen molar-refractivity contribution in [3.05, 3.63) is 30.8 Å². The van der Waals surface area contributed by atoms with Gasteiger partial charge >= 0.3 is 0 Å². The molecule has 0 fully saturated rings. The molecule has 0 saturated heterocycles. The summed E-state index contributed by atoms with van der Waals surface area (Å²) in [6.45, 7) is 8.86. The van der Waals surface area contributed by atoms with E-state index in [2.05, 4.69) is 31.4 Å². The molecule has 1 rings (SSSR count). The van der Waals surface area contributed by atoms with Gasteiger partial charge in [0.05, 0.1) is 0 Å². The van der Waals surface area contributed by atoms with E-state index in [0.717, 1.165) is 45.2 Å². The SMILES string of the molecule is CCN([CH]CCCCCC(=O)C1C=CC=CC1)CC. The average molecular weight is 262 g/mol. The summed E-state index contributed by atoms with van der Waals surface area (Å²) in [5.41, 5.74) is 0. The van der Waals surface area contributed by atoms with E-state index < -0.39 is 0 Å². The van der Waals surface area contributed by atoms with Gasteiger partial charge in [-0.1, -0.05) is 51.0 Å². The van der Waals surface area contributed by atoms with Gasteiger partial charge in [0.2, 0.25) is 0 Å². The van der Waals surface area contributed by atoms with Crippen LogP contribution in [0, 0.1) is 12.5 Å². The number of ketones is 1. The number of allylic oxidation sites excluding steroid dienone is 4. The van der Waals surface area contributed by atoms with E-state index in [9.17, 15) is 4.79 Å². The highest BCUT2D eigenvalue weighted by Crippen LogP contribution is 2.16. The minimum absolute atomic E-state index is 0.146. The van der Waals surface area contributed by atoms with Crippen LogP contribution in [0.2, 0.25) is 0 Å².